The molecule has 0 aromatic rings. The zero-order valence-corrected chi connectivity index (χ0v) is 14.3. The molecule has 0 aromatic heterocycles. The first kappa shape index (κ1) is 17.3. The van der Waals surface area contributed by atoms with E-state index in [0.717, 1.165) is 51.7 Å². The summed E-state index contributed by atoms with van der Waals surface area (Å²) in [4.78, 5) is 29.2. The molecule has 2 aliphatic rings. The van der Waals surface area contributed by atoms with Gasteiger partial charge in [-0.05, 0) is 39.2 Å². The molecule has 2 fully saturated rings. The van der Waals surface area contributed by atoms with Gasteiger partial charge in [0.1, 0.15) is 0 Å². The lowest BCUT2D eigenvalue weighted by molar-refractivity contribution is -0.143. The van der Waals surface area contributed by atoms with E-state index in [4.69, 9.17) is 0 Å². The van der Waals surface area contributed by atoms with E-state index in [-0.39, 0.29) is 23.7 Å². The van der Waals surface area contributed by atoms with E-state index in [1.165, 1.54) is 0 Å². The average molecular weight is 309 g/mol. The summed E-state index contributed by atoms with van der Waals surface area (Å²) in [6, 6.07) is 0.332. The first-order valence-electron chi connectivity index (χ1n) is 8.82. The molecule has 0 radical (unpaired) electrons. The quantitative estimate of drug-likeness (QED) is 0.837. The van der Waals surface area contributed by atoms with Crippen molar-refractivity contribution in [1.29, 1.82) is 0 Å². The normalized spacial score (nSPS) is 27.0. The summed E-state index contributed by atoms with van der Waals surface area (Å²) < 4.78 is 0. The molecule has 2 heterocycles. The van der Waals surface area contributed by atoms with Gasteiger partial charge in [-0.3, -0.25) is 9.59 Å². The maximum Gasteiger partial charge on any atom is 0.227 e. The maximum absolute atomic E-state index is 12.9. The number of rotatable bonds is 5. The number of piperidine rings is 1. The van der Waals surface area contributed by atoms with E-state index in [0.29, 0.717) is 12.6 Å². The Morgan fingerprint density at radius 1 is 1.23 bits per heavy atom. The predicted octanol–water partition coefficient (Wildman–Crippen LogP) is 1.48. The SMILES string of the molecule is CCC(C)C(=O)N1CCCC(C(=O)N2CCCC2CNC)C1. The van der Waals surface area contributed by atoms with Crippen LogP contribution in [0.25, 0.3) is 0 Å². The molecule has 0 spiro atoms. The Hall–Kier alpha value is -1.10. The third-order valence-electron chi connectivity index (χ3n) is 5.22. The Balaban J connectivity index is 1.96. The fraction of sp³-hybridized carbons (Fsp3) is 0.882. The Kier molecular flexibility index (Phi) is 6.24. The van der Waals surface area contributed by atoms with Crippen LogP contribution in [0.3, 0.4) is 0 Å². The number of carbonyl (C=O) groups is 2. The van der Waals surface area contributed by atoms with Crippen molar-refractivity contribution in [3.8, 4) is 0 Å². The van der Waals surface area contributed by atoms with Crippen molar-refractivity contribution in [2.24, 2.45) is 11.8 Å². The van der Waals surface area contributed by atoms with Gasteiger partial charge in [0.2, 0.25) is 11.8 Å². The molecule has 2 saturated heterocycles. The van der Waals surface area contributed by atoms with Crippen molar-refractivity contribution in [3.63, 3.8) is 0 Å². The van der Waals surface area contributed by atoms with Crippen LogP contribution in [0.15, 0.2) is 0 Å². The molecule has 22 heavy (non-hydrogen) atoms. The van der Waals surface area contributed by atoms with Crippen molar-refractivity contribution in [2.45, 2.75) is 52.0 Å². The van der Waals surface area contributed by atoms with Gasteiger partial charge in [-0.1, -0.05) is 13.8 Å². The lowest BCUT2D eigenvalue weighted by atomic mass is 9.94. The van der Waals surface area contributed by atoms with Crippen molar-refractivity contribution in [1.82, 2.24) is 15.1 Å². The van der Waals surface area contributed by atoms with Gasteiger partial charge in [0, 0.05) is 38.1 Å². The number of amides is 2. The van der Waals surface area contributed by atoms with Crippen molar-refractivity contribution < 1.29 is 9.59 Å². The molecule has 0 bridgehead atoms. The highest BCUT2D eigenvalue weighted by atomic mass is 16.2. The number of likely N-dealkylation sites (N-methyl/N-ethyl adjacent to an activating group) is 1. The molecule has 0 aromatic carbocycles. The Bertz CT molecular complexity index is 399. The Labute approximate surface area is 134 Å². The van der Waals surface area contributed by atoms with E-state index in [1.54, 1.807) is 0 Å². The summed E-state index contributed by atoms with van der Waals surface area (Å²) >= 11 is 0. The fourth-order valence-corrected chi connectivity index (χ4v) is 3.67. The standard InChI is InChI=1S/C17H31N3O2/c1-4-13(2)16(21)19-9-5-7-14(12-19)17(22)20-10-6-8-15(20)11-18-3/h13-15,18H,4-12H2,1-3H3. The lowest BCUT2D eigenvalue weighted by Crippen LogP contribution is -2.50. The van der Waals surface area contributed by atoms with Crippen LogP contribution in [0, 0.1) is 11.8 Å². The second-order valence-corrected chi connectivity index (χ2v) is 6.82. The van der Waals surface area contributed by atoms with Crippen LogP contribution in [0.4, 0.5) is 0 Å². The summed E-state index contributed by atoms with van der Waals surface area (Å²) in [7, 11) is 1.94. The molecule has 0 aliphatic carbocycles. The van der Waals surface area contributed by atoms with Gasteiger partial charge < -0.3 is 15.1 Å². The highest BCUT2D eigenvalue weighted by molar-refractivity contribution is 5.82. The van der Waals surface area contributed by atoms with Crippen LogP contribution < -0.4 is 5.32 Å². The third-order valence-corrected chi connectivity index (χ3v) is 5.22. The van der Waals surface area contributed by atoms with Crippen molar-refractivity contribution >= 4 is 11.8 Å². The smallest absolute Gasteiger partial charge is 0.227 e. The van der Waals surface area contributed by atoms with Gasteiger partial charge in [0.25, 0.3) is 0 Å². The molecule has 126 valence electrons. The number of hydrogen-bond acceptors (Lipinski definition) is 3. The molecule has 3 atom stereocenters. The van der Waals surface area contributed by atoms with Gasteiger partial charge in [-0.25, -0.2) is 0 Å². The van der Waals surface area contributed by atoms with Crippen LogP contribution in [0.1, 0.15) is 46.0 Å². The van der Waals surface area contributed by atoms with Crippen LogP contribution >= 0.6 is 0 Å². The highest BCUT2D eigenvalue weighted by Crippen LogP contribution is 2.25. The summed E-state index contributed by atoms with van der Waals surface area (Å²) in [5, 5.41) is 3.19. The van der Waals surface area contributed by atoms with Crippen molar-refractivity contribution in [3.05, 3.63) is 0 Å². The largest absolute Gasteiger partial charge is 0.342 e. The van der Waals surface area contributed by atoms with Gasteiger partial charge >= 0.3 is 0 Å². The number of hydrogen-bond donors (Lipinski definition) is 1. The second kappa shape index (κ2) is 7.95. The zero-order valence-electron chi connectivity index (χ0n) is 14.3. The molecule has 2 amide bonds. The molecule has 1 N–H and O–H groups in total. The number of nitrogens with zero attached hydrogens (tertiary/aromatic N) is 2. The molecule has 2 rings (SSSR count). The van der Waals surface area contributed by atoms with Crippen LogP contribution in [-0.2, 0) is 9.59 Å². The van der Waals surface area contributed by atoms with E-state index in [9.17, 15) is 9.59 Å². The Morgan fingerprint density at radius 2 is 1.95 bits per heavy atom. The van der Waals surface area contributed by atoms with Gasteiger partial charge in [0.05, 0.1) is 5.92 Å². The molecule has 5 heteroatoms. The second-order valence-electron chi connectivity index (χ2n) is 6.82. The topological polar surface area (TPSA) is 52.7 Å². The molecule has 3 unspecified atom stereocenters. The van der Waals surface area contributed by atoms with Crippen LogP contribution in [0.2, 0.25) is 0 Å². The number of carbonyl (C=O) groups excluding carboxylic acids is 2. The minimum Gasteiger partial charge on any atom is -0.342 e. The van der Waals surface area contributed by atoms with Crippen molar-refractivity contribution in [2.75, 3.05) is 33.2 Å². The summed E-state index contributed by atoms with van der Waals surface area (Å²) in [5.41, 5.74) is 0. The summed E-state index contributed by atoms with van der Waals surface area (Å²) in [6.45, 7) is 7.20. The molecular formula is C17H31N3O2. The number of likely N-dealkylation sites (tertiary alicyclic amines) is 2. The molecular weight excluding hydrogens is 278 g/mol. The van der Waals surface area contributed by atoms with Gasteiger partial charge in [-0.2, -0.15) is 0 Å². The lowest BCUT2D eigenvalue weighted by Gasteiger charge is -2.36. The van der Waals surface area contributed by atoms with Crippen LogP contribution in [-0.4, -0.2) is 60.9 Å². The van der Waals surface area contributed by atoms with E-state index in [1.807, 2.05) is 25.8 Å². The molecule has 2 aliphatic heterocycles. The molecule has 0 saturated carbocycles. The van der Waals surface area contributed by atoms with Crippen LogP contribution in [0.5, 0.6) is 0 Å². The van der Waals surface area contributed by atoms with E-state index >= 15 is 0 Å². The minimum atomic E-state index is -0.000729. The molecule has 5 nitrogen and oxygen atoms in total. The maximum atomic E-state index is 12.9. The first-order valence-corrected chi connectivity index (χ1v) is 8.82. The van der Waals surface area contributed by atoms with E-state index < -0.39 is 0 Å². The first-order chi connectivity index (χ1) is 10.6. The summed E-state index contributed by atoms with van der Waals surface area (Å²) in [6.07, 6.45) is 4.93. The minimum absolute atomic E-state index is 0.000729. The predicted molar refractivity (Wildman–Crippen MR) is 87.4 cm³/mol. The summed E-state index contributed by atoms with van der Waals surface area (Å²) in [5.74, 6) is 0.546. The average Bonchev–Trinajstić information content (AvgIpc) is 3.01. The fourth-order valence-electron chi connectivity index (χ4n) is 3.67. The highest BCUT2D eigenvalue weighted by Gasteiger charge is 2.36. The monoisotopic (exact) mass is 309 g/mol. The van der Waals surface area contributed by atoms with Gasteiger partial charge in [0.15, 0.2) is 0 Å². The third kappa shape index (κ3) is 3.80. The number of nitrogens with one attached hydrogen (secondary N) is 1. The Morgan fingerprint density at radius 3 is 2.64 bits per heavy atom. The zero-order chi connectivity index (χ0) is 16.1. The van der Waals surface area contributed by atoms with Gasteiger partial charge in [-0.15, -0.1) is 0 Å². The van der Waals surface area contributed by atoms with E-state index in [2.05, 4.69) is 10.2 Å².